The van der Waals surface area contributed by atoms with Crippen LogP contribution in [0.5, 0.6) is 0 Å². The van der Waals surface area contributed by atoms with Crippen LogP contribution in [0.25, 0.3) is 0 Å². The molecule has 1 amide bonds. The molecule has 0 radical (unpaired) electrons. The van der Waals surface area contributed by atoms with Gasteiger partial charge in [-0.3, -0.25) is 9.69 Å². The normalized spacial score (nSPS) is 16.1. The van der Waals surface area contributed by atoms with Crippen molar-refractivity contribution in [2.75, 3.05) is 25.0 Å². The average molecular weight is 478 g/mol. The lowest BCUT2D eigenvalue weighted by Gasteiger charge is -2.30. The number of hydrogen-bond acceptors (Lipinski definition) is 9. The van der Waals surface area contributed by atoms with E-state index in [1.165, 1.54) is 11.3 Å². The third-order valence-electron chi connectivity index (χ3n) is 5.67. The summed E-state index contributed by atoms with van der Waals surface area (Å²) in [5.41, 5.74) is 2.96. The molecule has 176 valence electrons. The van der Waals surface area contributed by atoms with Crippen LogP contribution in [0.15, 0.2) is 35.7 Å². The number of carbonyl (C=O) groups excluding carboxylic acids is 1. The first-order valence-electron chi connectivity index (χ1n) is 11.2. The first-order valence-corrected chi connectivity index (χ1v) is 12.1. The summed E-state index contributed by atoms with van der Waals surface area (Å²) in [5.74, 6) is 1.35. The van der Waals surface area contributed by atoms with Gasteiger partial charge in [0.1, 0.15) is 17.3 Å². The predicted molar refractivity (Wildman–Crippen MR) is 130 cm³/mol. The highest BCUT2D eigenvalue weighted by atomic mass is 32.1. The van der Waals surface area contributed by atoms with Crippen LogP contribution in [0, 0.1) is 18.3 Å². The maximum Gasteiger partial charge on any atom is 0.271 e. The Balaban J connectivity index is 1.38. The minimum Gasteiger partial charge on any atom is -0.392 e. The number of piperidine rings is 1. The van der Waals surface area contributed by atoms with Gasteiger partial charge >= 0.3 is 0 Å². The Morgan fingerprint density at radius 3 is 2.82 bits per heavy atom. The SMILES string of the molecule is Cc1cc(Nc2nc(C(=O)NCc3ccc(CO)cc3)cs2)nc([C@@H]2CCCN(CC#N)C2)n1. The summed E-state index contributed by atoms with van der Waals surface area (Å²) in [6, 6.07) is 11.5. The highest BCUT2D eigenvalue weighted by Gasteiger charge is 2.24. The smallest absolute Gasteiger partial charge is 0.271 e. The lowest BCUT2D eigenvalue weighted by Crippen LogP contribution is -2.35. The van der Waals surface area contributed by atoms with Gasteiger partial charge < -0.3 is 15.7 Å². The molecule has 34 heavy (non-hydrogen) atoms. The van der Waals surface area contributed by atoms with E-state index in [9.17, 15) is 4.79 Å². The van der Waals surface area contributed by atoms with Crippen LogP contribution in [-0.2, 0) is 13.2 Å². The highest BCUT2D eigenvalue weighted by molar-refractivity contribution is 7.14. The van der Waals surface area contributed by atoms with E-state index in [0.717, 1.165) is 48.6 Å². The maximum absolute atomic E-state index is 12.5. The molecule has 0 unspecified atom stereocenters. The van der Waals surface area contributed by atoms with E-state index in [1.807, 2.05) is 37.3 Å². The van der Waals surface area contributed by atoms with Crippen LogP contribution in [0.4, 0.5) is 10.9 Å². The summed E-state index contributed by atoms with van der Waals surface area (Å²) < 4.78 is 0. The number of benzene rings is 1. The van der Waals surface area contributed by atoms with Gasteiger partial charge in [-0.25, -0.2) is 15.0 Å². The molecule has 3 aromatic rings. The molecule has 1 aliphatic heterocycles. The van der Waals surface area contributed by atoms with Gasteiger partial charge in [0, 0.05) is 36.1 Å². The molecule has 3 heterocycles. The third kappa shape index (κ3) is 6.14. The molecule has 0 aliphatic carbocycles. The summed E-state index contributed by atoms with van der Waals surface area (Å²) in [4.78, 5) is 28.4. The highest BCUT2D eigenvalue weighted by Crippen LogP contribution is 2.27. The number of likely N-dealkylation sites (tertiary alicyclic amines) is 1. The van der Waals surface area contributed by atoms with E-state index in [4.69, 9.17) is 15.4 Å². The number of nitrogens with zero attached hydrogens (tertiary/aromatic N) is 5. The fraction of sp³-hybridized carbons (Fsp3) is 0.375. The second-order valence-corrected chi connectivity index (χ2v) is 9.16. The Kier molecular flexibility index (Phi) is 7.80. The lowest BCUT2D eigenvalue weighted by molar-refractivity contribution is 0.0946. The molecule has 10 heteroatoms. The number of aromatic nitrogens is 3. The molecule has 0 spiro atoms. The number of aryl methyl sites for hydroxylation is 1. The van der Waals surface area contributed by atoms with Crippen molar-refractivity contribution in [1.29, 1.82) is 5.26 Å². The Labute approximate surface area is 202 Å². The maximum atomic E-state index is 12.5. The molecule has 0 saturated carbocycles. The molecule has 0 bridgehead atoms. The Morgan fingerprint density at radius 1 is 1.26 bits per heavy atom. The van der Waals surface area contributed by atoms with E-state index in [2.05, 4.69) is 31.6 Å². The minimum absolute atomic E-state index is 0.00507. The van der Waals surface area contributed by atoms with Gasteiger partial charge in [-0.05, 0) is 37.4 Å². The zero-order chi connectivity index (χ0) is 23.9. The van der Waals surface area contributed by atoms with Gasteiger partial charge in [-0.1, -0.05) is 24.3 Å². The summed E-state index contributed by atoms with van der Waals surface area (Å²) in [6.45, 7) is 4.43. The summed E-state index contributed by atoms with van der Waals surface area (Å²) in [6.07, 6.45) is 2.01. The largest absolute Gasteiger partial charge is 0.392 e. The van der Waals surface area contributed by atoms with Crippen molar-refractivity contribution in [2.24, 2.45) is 0 Å². The van der Waals surface area contributed by atoms with Crippen molar-refractivity contribution in [1.82, 2.24) is 25.2 Å². The van der Waals surface area contributed by atoms with Gasteiger partial charge in [0.2, 0.25) is 0 Å². The molecule has 1 aromatic carbocycles. The molecule has 1 saturated heterocycles. The third-order valence-corrected chi connectivity index (χ3v) is 6.42. The van der Waals surface area contributed by atoms with Crippen molar-refractivity contribution in [3.05, 3.63) is 64.1 Å². The second kappa shape index (κ2) is 11.2. The number of thiazole rings is 1. The number of carbonyl (C=O) groups is 1. The van der Waals surface area contributed by atoms with Gasteiger partial charge in [0.15, 0.2) is 5.13 Å². The quantitative estimate of drug-likeness (QED) is 0.422. The number of aliphatic hydroxyl groups is 1. The molecule has 9 nitrogen and oxygen atoms in total. The number of rotatable bonds is 8. The topological polar surface area (TPSA) is 127 Å². The minimum atomic E-state index is -0.255. The Morgan fingerprint density at radius 2 is 2.06 bits per heavy atom. The molecule has 4 rings (SSSR count). The summed E-state index contributed by atoms with van der Waals surface area (Å²) in [7, 11) is 0. The van der Waals surface area contributed by atoms with Crippen LogP contribution in [-0.4, -0.2) is 50.5 Å². The summed E-state index contributed by atoms with van der Waals surface area (Å²) in [5, 5.41) is 26.5. The van der Waals surface area contributed by atoms with Crippen molar-refractivity contribution in [2.45, 2.75) is 38.8 Å². The standard InChI is InChI=1S/C24H27N7O2S/c1-16-11-21(29-22(27-16)19-3-2-9-31(13-19)10-8-25)30-24-28-20(15-34-24)23(33)26-12-17-4-6-18(14-32)7-5-17/h4-7,11,15,19,32H,2-3,9-10,12-14H2,1H3,(H,26,33)(H,27,28,29,30)/t19-/m1/s1. The number of hydrogen-bond donors (Lipinski definition) is 3. The van der Waals surface area contributed by atoms with Crippen LogP contribution in [0.1, 0.15) is 51.9 Å². The van der Waals surface area contributed by atoms with Crippen LogP contribution in [0.3, 0.4) is 0 Å². The molecule has 1 fully saturated rings. The van der Waals surface area contributed by atoms with Gasteiger partial charge in [-0.15, -0.1) is 11.3 Å². The number of amides is 1. The first kappa shape index (κ1) is 23.8. The zero-order valence-corrected chi connectivity index (χ0v) is 19.8. The van der Waals surface area contributed by atoms with Crippen LogP contribution < -0.4 is 10.6 Å². The van der Waals surface area contributed by atoms with Crippen molar-refractivity contribution >= 4 is 28.2 Å². The van der Waals surface area contributed by atoms with Gasteiger partial charge in [-0.2, -0.15) is 5.26 Å². The molecule has 1 aliphatic rings. The lowest BCUT2D eigenvalue weighted by atomic mass is 9.97. The van der Waals surface area contributed by atoms with Crippen LogP contribution >= 0.6 is 11.3 Å². The number of nitriles is 1. The van der Waals surface area contributed by atoms with E-state index >= 15 is 0 Å². The molecule has 1 atom stereocenters. The van der Waals surface area contributed by atoms with Crippen molar-refractivity contribution in [3.63, 3.8) is 0 Å². The van der Waals surface area contributed by atoms with Crippen LogP contribution in [0.2, 0.25) is 0 Å². The summed E-state index contributed by atoms with van der Waals surface area (Å²) >= 11 is 1.34. The average Bonchev–Trinajstić information content (AvgIpc) is 3.31. The molecule has 2 aromatic heterocycles. The molecule has 3 N–H and O–H groups in total. The van der Waals surface area contributed by atoms with Crippen molar-refractivity contribution in [3.8, 4) is 6.07 Å². The predicted octanol–water partition coefficient (Wildman–Crippen LogP) is 3.11. The number of nitrogens with one attached hydrogen (secondary N) is 2. The van der Waals surface area contributed by atoms with Crippen molar-refractivity contribution < 1.29 is 9.90 Å². The molecular weight excluding hydrogens is 450 g/mol. The second-order valence-electron chi connectivity index (χ2n) is 8.31. The van der Waals surface area contributed by atoms with E-state index < -0.39 is 0 Å². The Hall–Kier alpha value is -3.39. The van der Waals surface area contributed by atoms with Gasteiger partial charge in [0.25, 0.3) is 5.91 Å². The first-order chi connectivity index (χ1) is 16.5. The molecular formula is C24H27N7O2S. The monoisotopic (exact) mass is 477 g/mol. The van der Waals surface area contributed by atoms with E-state index in [0.29, 0.717) is 29.7 Å². The zero-order valence-electron chi connectivity index (χ0n) is 19.0. The fourth-order valence-electron chi connectivity index (χ4n) is 3.93. The number of anilines is 2. The van der Waals surface area contributed by atoms with E-state index in [-0.39, 0.29) is 18.4 Å². The van der Waals surface area contributed by atoms with E-state index in [1.54, 1.807) is 5.38 Å². The van der Waals surface area contributed by atoms with Gasteiger partial charge in [0.05, 0.1) is 19.2 Å². The number of aliphatic hydroxyl groups excluding tert-OH is 1. The Bertz CT molecular complexity index is 1170. The fourth-order valence-corrected chi connectivity index (χ4v) is 4.63.